The van der Waals surface area contributed by atoms with Gasteiger partial charge in [-0.05, 0) is 54.7 Å². The highest BCUT2D eigenvalue weighted by atomic mass is 19.4. The minimum absolute atomic E-state index is 0.00144. The summed E-state index contributed by atoms with van der Waals surface area (Å²) < 4.78 is 46.1. The standard InChI is InChI=1S/C28H32F3N3O4/c1-4-27(5-2)16-19(22-10-8-20(28(29,30)31)14-24(22)38-27)13-25(36)32-21-9-7-18-17-34(11-6-12-35)26(37)33(3)23(18)15-21/h7-10,13-15,35H,4-6,11-12,16-17H2,1-3H3,(H,32,36)/b19-13+. The van der Waals surface area contributed by atoms with Crippen LogP contribution in [-0.4, -0.2) is 47.7 Å². The highest BCUT2D eigenvalue weighted by Gasteiger charge is 2.38. The molecule has 0 atom stereocenters. The summed E-state index contributed by atoms with van der Waals surface area (Å²) >= 11 is 0. The van der Waals surface area contributed by atoms with Gasteiger partial charge in [0, 0.05) is 50.5 Å². The Kier molecular flexibility index (Phi) is 7.73. The Morgan fingerprint density at radius 1 is 1.18 bits per heavy atom. The van der Waals surface area contributed by atoms with Gasteiger partial charge in [0.25, 0.3) is 0 Å². The second kappa shape index (κ2) is 10.7. The molecule has 0 bridgehead atoms. The molecule has 10 heteroatoms. The van der Waals surface area contributed by atoms with E-state index in [1.165, 1.54) is 17.0 Å². The van der Waals surface area contributed by atoms with Gasteiger partial charge in [-0.2, -0.15) is 13.2 Å². The number of nitrogens with one attached hydrogen (secondary N) is 1. The third-order valence-electron chi connectivity index (χ3n) is 7.31. The monoisotopic (exact) mass is 531 g/mol. The van der Waals surface area contributed by atoms with Gasteiger partial charge in [0.05, 0.1) is 11.3 Å². The summed E-state index contributed by atoms with van der Waals surface area (Å²) in [6, 6.07) is 8.48. The van der Waals surface area contributed by atoms with Crippen LogP contribution in [0.25, 0.3) is 5.57 Å². The molecular weight excluding hydrogens is 499 g/mol. The lowest BCUT2D eigenvalue weighted by atomic mass is 9.83. The summed E-state index contributed by atoms with van der Waals surface area (Å²) in [5.74, 6) is -0.309. The molecule has 0 saturated carbocycles. The number of carbonyl (C=O) groups excluding carboxylic acids is 2. The Balaban J connectivity index is 1.60. The Morgan fingerprint density at radius 3 is 2.58 bits per heavy atom. The smallest absolute Gasteiger partial charge is 0.416 e. The zero-order valence-electron chi connectivity index (χ0n) is 21.7. The quantitative estimate of drug-likeness (QED) is 0.441. The number of benzene rings is 2. The number of hydrogen-bond donors (Lipinski definition) is 2. The van der Waals surface area contributed by atoms with Crippen LogP contribution in [0.4, 0.5) is 29.3 Å². The van der Waals surface area contributed by atoms with E-state index in [1.807, 2.05) is 19.9 Å². The number of hydrogen-bond acceptors (Lipinski definition) is 4. The predicted octanol–water partition coefficient (Wildman–Crippen LogP) is 5.82. The van der Waals surface area contributed by atoms with Crippen molar-refractivity contribution in [2.24, 2.45) is 0 Å². The van der Waals surface area contributed by atoms with Gasteiger partial charge in [-0.3, -0.25) is 9.69 Å². The minimum Gasteiger partial charge on any atom is -0.486 e. The Hall–Kier alpha value is -3.53. The van der Waals surface area contributed by atoms with Crippen molar-refractivity contribution in [1.29, 1.82) is 0 Å². The number of rotatable bonds is 7. The number of amides is 3. The summed E-state index contributed by atoms with van der Waals surface area (Å²) in [4.78, 5) is 28.9. The van der Waals surface area contributed by atoms with Crippen molar-refractivity contribution in [2.45, 2.75) is 57.9 Å². The lowest BCUT2D eigenvalue weighted by Gasteiger charge is -2.39. The van der Waals surface area contributed by atoms with E-state index in [9.17, 15) is 22.8 Å². The van der Waals surface area contributed by atoms with Crippen molar-refractivity contribution in [3.05, 3.63) is 59.2 Å². The van der Waals surface area contributed by atoms with Crippen molar-refractivity contribution in [2.75, 3.05) is 30.4 Å². The highest BCUT2D eigenvalue weighted by molar-refractivity contribution is 6.05. The van der Waals surface area contributed by atoms with Crippen LogP contribution < -0.4 is 15.0 Å². The zero-order chi connectivity index (χ0) is 27.7. The van der Waals surface area contributed by atoms with Gasteiger partial charge < -0.3 is 20.1 Å². The fourth-order valence-electron chi connectivity index (χ4n) is 4.98. The number of ether oxygens (including phenoxy) is 1. The summed E-state index contributed by atoms with van der Waals surface area (Å²) in [5.41, 5.74) is 1.64. The van der Waals surface area contributed by atoms with E-state index in [-0.39, 0.29) is 18.4 Å². The van der Waals surface area contributed by atoms with Crippen molar-refractivity contribution in [3.63, 3.8) is 0 Å². The fraction of sp³-hybridized carbons (Fsp3) is 0.429. The Labute approximate surface area is 219 Å². The Morgan fingerprint density at radius 2 is 1.92 bits per heavy atom. The molecule has 204 valence electrons. The van der Waals surface area contributed by atoms with E-state index in [0.29, 0.717) is 61.3 Å². The maximum absolute atomic E-state index is 13.3. The number of halogens is 3. The molecule has 0 aromatic heterocycles. The molecule has 2 aromatic carbocycles. The normalized spacial score (nSPS) is 17.7. The number of aliphatic hydroxyl groups is 1. The summed E-state index contributed by atoms with van der Waals surface area (Å²) in [6.07, 6.45) is -1.08. The zero-order valence-corrected chi connectivity index (χ0v) is 21.7. The van der Waals surface area contributed by atoms with E-state index >= 15 is 0 Å². The molecule has 3 amide bonds. The first kappa shape index (κ1) is 27.5. The van der Waals surface area contributed by atoms with Crippen molar-refractivity contribution in [1.82, 2.24) is 4.90 Å². The largest absolute Gasteiger partial charge is 0.486 e. The number of urea groups is 1. The molecule has 0 saturated heterocycles. The molecule has 2 heterocycles. The number of carbonyl (C=O) groups is 2. The molecule has 4 rings (SSSR count). The topological polar surface area (TPSA) is 82.1 Å². The summed E-state index contributed by atoms with van der Waals surface area (Å²) in [5, 5.41) is 11.9. The van der Waals surface area contributed by atoms with Gasteiger partial charge in [0.1, 0.15) is 11.4 Å². The highest BCUT2D eigenvalue weighted by Crippen LogP contribution is 2.45. The van der Waals surface area contributed by atoms with Crippen LogP contribution in [0.5, 0.6) is 5.75 Å². The third kappa shape index (κ3) is 5.50. The van der Waals surface area contributed by atoms with Gasteiger partial charge in [-0.25, -0.2) is 4.79 Å². The Bertz CT molecular complexity index is 1250. The minimum atomic E-state index is -4.50. The maximum Gasteiger partial charge on any atom is 0.416 e. The molecule has 0 spiro atoms. The maximum atomic E-state index is 13.3. The van der Waals surface area contributed by atoms with Gasteiger partial charge in [0.15, 0.2) is 0 Å². The summed E-state index contributed by atoms with van der Waals surface area (Å²) in [7, 11) is 1.66. The number of aliphatic hydroxyl groups excluding tert-OH is 1. The first-order valence-corrected chi connectivity index (χ1v) is 12.7. The van der Waals surface area contributed by atoms with Gasteiger partial charge in [-0.15, -0.1) is 0 Å². The molecule has 0 aliphatic carbocycles. The lowest BCUT2D eigenvalue weighted by Crippen LogP contribution is -2.45. The number of alkyl halides is 3. The van der Waals surface area contributed by atoms with E-state index < -0.39 is 23.2 Å². The molecule has 2 N–H and O–H groups in total. The lowest BCUT2D eigenvalue weighted by molar-refractivity contribution is -0.137. The molecule has 2 aromatic rings. The van der Waals surface area contributed by atoms with E-state index in [4.69, 9.17) is 9.84 Å². The second-order valence-corrected chi connectivity index (χ2v) is 9.72. The van der Waals surface area contributed by atoms with Gasteiger partial charge >= 0.3 is 12.2 Å². The van der Waals surface area contributed by atoms with E-state index in [2.05, 4.69) is 5.32 Å². The van der Waals surface area contributed by atoms with Crippen LogP contribution in [0.3, 0.4) is 0 Å². The van der Waals surface area contributed by atoms with Crippen LogP contribution in [0.15, 0.2) is 42.5 Å². The first-order chi connectivity index (χ1) is 18.0. The average Bonchev–Trinajstić information content (AvgIpc) is 2.89. The molecule has 7 nitrogen and oxygen atoms in total. The van der Waals surface area contributed by atoms with Crippen LogP contribution in [0.2, 0.25) is 0 Å². The van der Waals surface area contributed by atoms with Crippen molar-refractivity contribution >= 4 is 28.9 Å². The molecule has 38 heavy (non-hydrogen) atoms. The van der Waals surface area contributed by atoms with Crippen LogP contribution in [0, 0.1) is 0 Å². The molecule has 0 unspecified atom stereocenters. The second-order valence-electron chi connectivity index (χ2n) is 9.72. The molecule has 2 aliphatic rings. The number of fused-ring (bicyclic) bond motifs is 2. The first-order valence-electron chi connectivity index (χ1n) is 12.7. The summed E-state index contributed by atoms with van der Waals surface area (Å²) in [6.45, 7) is 4.67. The molecule has 0 fully saturated rings. The van der Waals surface area contributed by atoms with Gasteiger partial charge in [0.2, 0.25) is 5.91 Å². The average molecular weight is 532 g/mol. The third-order valence-corrected chi connectivity index (χ3v) is 7.31. The van der Waals surface area contributed by atoms with Crippen LogP contribution in [-0.2, 0) is 17.5 Å². The number of anilines is 2. The van der Waals surface area contributed by atoms with Crippen LogP contribution in [0.1, 0.15) is 56.2 Å². The van der Waals surface area contributed by atoms with Crippen molar-refractivity contribution in [3.8, 4) is 5.75 Å². The van der Waals surface area contributed by atoms with E-state index in [0.717, 1.165) is 17.7 Å². The predicted molar refractivity (Wildman–Crippen MR) is 139 cm³/mol. The number of nitrogens with zero attached hydrogens (tertiary/aromatic N) is 2. The van der Waals surface area contributed by atoms with E-state index in [1.54, 1.807) is 24.1 Å². The SMILES string of the molecule is CCC1(CC)C/C(=C\C(=O)Nc2ccc3c(c2)N(C)C(=O)N(CCCO)C3)c2ccc(C(F)(F)F)cc2O1. The van der Waals surface area contributed by atoms with Crippen molar-refractivity contribution < 1.29 is 32.6 Å². The molecule has 0 radical (unpaired) electrons. The fourth-order valence-corrected chi connectivity index (χ4v) is 4.98. The molecular formula is C28H32F3N3O4. The molecule has 2 aliphatic heterocycles. The van der Waals surface area contributed by atoms with Gasteiger partial charge in [-0.1, -0.05) is 26.0 Å². The van der Waals surface area contributed by atoms with Crippen LogP contribution >= 0.6 is 0 Å².